The zero-order valence-electron chi connectivity index (χ0n) is 18.5. The maximum atomic E-state index is 5.18. The average Bonchev–Trinajstić information content (AvgIpc) is 3.19. The third kappa shape index (κ3) is 3.22. The highest BCUT2D eigenvalue weighted by molar-refractivity contribution is 5.81. The van der Waals surface area contributed by atoms with Gasteiger partial charge in [0.05, 0.1) is 5.69 Å². The van der Waals surface area contributed by atoms with Gasteiger partial charge >= 0.3 is 0 Å². The van der Waals surface area contributed by atoms with E-state index in [-0.39, 0.29) is 0 Å². The number of hydrogen-bond donors (Lipinski definition) is 0. The number of anilines is 2. The van der Waals surface area contributed by atoms with Crippen LogP contribution in [0.2, 0.25) is 0 Å². The minimum atomic E-state index is 0.960. The molecular formula is C26H28N6. The van der Waals surface area contributed by atoms with Crippen LogP contribution in [-0.4, -0.2) is 45.8 Å². The number of rotatable bonds is 3. The summed E-state index contributed by atoms with van der Waals surface area (Å²) < 4.78 is 2.14. The highest BCUT2D eigenvalue weighted by Crippen LogP contribution is 2.35. The second kappa shape index (κ2) is 7.93. The molecule has 4 aromatic rings. The number of hydrogen-bond acceptors (Lipinski definition) is 5. The molecule has 1 saturated heterocycles. The highest BCUT2D eigenvalue weighted by atomic mass is 15.4. The molecule has 0 spiro atoms. The van der Waals surface area contributed by atoms with Gasteiger partial charge in [0.2, 0.25) is 0 Å². The monoisotopic (exact) mass is 424 g/mol. The summed E-state index contributed by atoms with van der Waals surface area (Å²) in [6.07, 6.45) is 6.48. The summed E-state index contributed by atoms with van der Waals surface area (Å²) in [5, 5.41) is 5.04. The largest absolute Gasteiger partial charge is 0.353 e. The fraction of sp³-hybridized carbons (Fsp3) is 0.346. The second-order valence-corrected chi connectivity index (χ2v) is 8.79. The van der Waals surface area contributed by atoms with E-state index in [0.29, 0.717) is 0 Å². The number of aryl methyl sites for hydroxylation is 2. The Morgan fingerprint density at radius 3 is 2.34 bits per heavy atom. The van der Waals surface area contributed by atoms with Crippen LogP contribution in [0, 0.1) is 6.92 Å². The lowest BCUT2D eigenvalue weighted by Gasteiger charge is -2.38. The van der Waals surface area contributed by atoms with Crippen LogP contribution in [0.25, 0.3) is 16.8 Å². The molecule has 162 valence electrons. The van der Waals surface area contributed by atoms with Crippen LogP contribution in [0.3, 0.4) is 0 Å². The summed E-state index contributed by atoms with van der Waals surface area (Å²) in [5.41, 5.74) is 7.05. The molecule has 6 nitrogen and oxygen atoms in total. The fourth-order valence-electron chi connectivity index (χ4n) is 5.23. The highest BCUT2D eigenvalue weighted by Gasteiger charge is 2.28. The average molecular weight is 425 g/mol. The minimum absolute atomic E-state index is 0.960. The number of nitrogens with zero attached hydrogens (tertiary/aromatic N) is 6. The molecule has 0 atom stereocenters. The Bertz CT molecular complexity index is 1240. The van der Waals surface area contributed by atoms with Gasteiger partial charge in [0.15, 0.2) is 5.65 Å². The number of pyridine rings is 1. The smallest absolute Gasteiger partial charge is 0.165 e. The van der Waals surface area contributed by atoms with Gasteiger partial charge < -0.3 is 9.80 Å². The van der Waals surface area contributed by atoms with Crippen molar-refractivity contribution in [2.45, 2.75) is 32.6 Å². The maximum Gasteiger partial charge on any atom is 0.165 e. The number of piperazine rings is 1. The topological polar surface area (TPSA) is 49.6 Å². The molecule has 1 aliphatic heterocycles. The van der Waals surface area contributed by atoms with E-state index in [9.17, 15) is 0 Å². The molecular weight excluding hydrogens is 396 g/mol. The van der Waals surface area contributed by atoms with E-state index in [0.717, 1.165) is 61.7 Å². The molecule has 4 heterocycles. The van der Waals surface area contributed by atoms with Crippen molar-refractivity contribution in [1.82, 2.24) is 19.6 Å². The third-order valence-electron chi connectivity index (χ3n) is 6.80. The van der Waals surface area contributed by atoms with Crippen LogP contribution in [0.4, 0.5) is 11.6 Å². The van der Waals surface area contributed by atoms with Gasteiger partial charge in [-0.3, -0.25) is 0 Å². The van der Waals surface area contributed by atoms with Crippen molar-refractivity contribution < 1.29 is 0 Å². The molecule has 0 N–H and O–H groups in total. The summed E-state index contributed by atoms with van der Waals surface area (Å²) in [6, 6.07) is 16.7. The lowest BCUT2D eigenvalue weighted by Crippen LogP contribution is -2.48. The van der Waals surface area contributed by atoms with Crippen molar-refractivity contribution in [3.05, 3.63) is 71.7 Å². The number of fused-ring (bicyclic) bond motifs is 2. The van der Waals surface area contributed by atoms with Gasteiger partial charge in [0, 0.05) is 49.2 Å². The molecule has 2 aliphatic rings. The van der Waals surface area contributed by atoms with Crippen molar-refractivity contribution >= 4 is 17.3 Å². The van der Waals surface area contributed by atoms with Crippen LogP contribution in [0.15, 0.2) is 54.7 Å². The predicted octanol–water partition coefficient (Wildman–Crippen LogP) is 4.31. The molecule has 0 saturated carbocycles. The Morgan fingerprint density at radius 1 is 0.812 bits per heavy atom. The first-order chi connectivity index (χ1) is 15.8. The fourth-order valence-corrected chi connectivity index (χ4v) is 5.23. The molecule has 6 heteroatoms. The lowest BCUT2D eigenvalue weighted by molar-refractivity contribution is 0.611. The van der Waals surface area contributed by atoms with E-state index >= 15 is 0 Å². The van der Waals surface area contributed by atoms with Crippen molar-refractivity contribution in [2.75, 3.05) is 36.0 Å². The van der Waals surface area contributed by atoms with Crippen LogP contribution in [0.5, 0.6) is 0 Å². The Morgan fingerprint density at radius 2 is 1.56 bits per heavy atom. The van der Waals surface area contributed by atoms with Crippen LogP contribution < -0.4 is 9.80 Å². The van der Waals surface area contributed by atoms with Crippen LogP contribution in [-0.2, 0) is 12.8 Å². The second-order valence-electron chi connectivity index (χ2n) is 8.79. The molecule has 32 heavy (non-hydrogen) atoms. The van der Waals surface area contributed by atoms with Gasteiger partial charge in [0.1, 0.15) is 11.6 Å². The van der Waals surface area contributed by atoms with Gasteiger partial charge in [-0.1, -0.05) is 36.4 Å². The minimum Gasteiger partial charge on any atom is -0.353 e. The third-order valence-corrected chi connectivity index (χ3v) is 6.80. The first-order valence-electron chi connectivity index (χ1n) is 11.7. The predicted molar refractivity (Wildman–Crippen MR) is 128 cm³/mol. The zero-order valence-corrected chi connectivity index (χ0v) is 18.5. The van der Waals surface area contributed by atoms with Crippen LogP contribution >= 0.6 is 0 Å². The standard InChI is InChI=1S/C26H28N6/c1-19-24(20-9-3-2-4-10-20)25-28-22-12-6-5-11-21(22)26(32(25)29-19)31-17-15-30(16-18-31)23-13-7-8-14-27-23/h2-4,7-10,13-14H,5-6,11-12,15-18H2,1H3. The maximum absolute atomic E-state index is 5.18. The Kier molecular flexibility index (Phi) is 4.78. The number of benzene rings is 1. The quantitative estimate of drug-likeness (QED) is 0.491. The van der Waals surface area contributed by atoms with E-state index < -0.39 is 0 Å². The molecule has 0 radical (unpaired) electrons. The summed E-state index contributed by atoms with van der Waals surface area (Å²) in [6.45, 7) is 5.95. The summed E-state index contributed by atoms with van der Waals surface area (Å²) >= 11 is 0. The Labute approximate surface area is 188 Å². The molecule has 0 bridgehead atoms. The van der Waals surface area contributed by atoms with Gasteiger partial charge in [-0.05, 0) is 50.3 Å². The van der Waals surface area contributed by atoms with Gasteiger partial charge in [-0.15, -0.1) is 0 Å². The normalized spacial score (nSPS) is 16.4. The van der Waals surface area contributed by atoms with Crippen LogP contribution in [0.1, 0.15) is 29.8 Å². The zero-order chi connectivity index (χ0) is 21.5. The van der Waals surface area contributed by atoms with E-state index in [2.05, 4.69) is 68.7 Å². The van der Waals surface area contributed by atoms with E-state index in [1.807, 2.05) is 12.3 Å². The molecule has 3 aromatic heterocycles. The number of aromatic nitrogens is 4. The first kappa shape index (κ1) is 19.3. The van der Waals surface area contributed by atoms with Gasteiger partial charge in [0.25, 0.3) is 0 Å². The Hall–Kier alpha value is -3.41. The SMILES string of the molecule is Cc1nn2c(N3CCN(c4ccccn4)CC3)c3c(nc2c1-c1ccccc1)CCCC3. The van der Waals surface area contributed by atoms with E-state index in [4.69, 9.17) is 10.1 Å². The molecule has 0 unspecified atom stereocenters. The summed E-state index contributed by atoms with van der Waals surface area (Å²) in [5.74, 6) is 2.33. The van der Waals surface area contributed by atoms with Gasteiger partial charge in [-0.25, -0.2) is 9.97 Å². The van der Waals surface area contributed by atoms with Crippen molar-refractivity contribution in [3.63, 3.8) is 0 Å². The van der Waals surface area contributed by atoms with Gasteiger partial charge in [-0.2, -0.15) is 9.61 Å². The molecule has 1 aliphatic carbocycles. The van der Waals surface area contributed by atoms with E-state index in [1.165, 1.54) is 35.5 Å². The van der Waals surface area contributed by atoms with Crippen molar-refractivity contribution in [3.8, 4) is 11.1 Å². The first-order valence-corrected chi connectivity index (χ1v) is 11.7. The molecule has 1 fully saturated rings. The summed E-state index contributed by atoms with van der Waals surface area (Å²) in [7, 11) is 0. The molecule has 6 rings (SSSR count). The van der Waals surface area contributed by atoms with Crippen molar-refractivity contribution in [1.29, 1.82) is 0 Å². The molecule has 1 aromatic carbocycles. The van der Waals surface area contributed by atoms with Crippen molar-refractivity contribution in [2.24, 2.45) is 0 Å². The molecule has 0 amide bonds. The Balaban J connectivity index is 1.44. The summed E-state index contributed by atoms with van der Waals surface area (Å²) in [4.78, 5) is 14.6. The lowest BCUT2D eigenvalue weighted by atomic mass is 9.95. The van der Waals surface area contributed by atoms with E-state index in [1.54, 1.807) is 0 Å².